The Kier molecular flexibility index (Phi) is 6.86. The van der Waals surface area contributed by atoms with Crippen molar-refractivity contribution in [1.82, 2.24) is 0 Å². The summed E-state index contributed by atoms with van der Waals surface area (Å²) in [5.41, 5.74) is 3.14. The molecule has 0 unspecified atom stereocenters. The number of rotatable bonds is 7. The van der Waals surface area contributed by atoms with Gasteiger partial charge in [-0.3, -0.25) is 0 Å². The maximum absolute atomic E-state index is 11.2. The van der Waals surface area contributed by atoms with Gasteiger partial charge in [0.15, 0.2) is 0 Å². The molecule has 6 heteroatoms. The summed E-state index contributed by atoms with van der Waals surface area (Å²) in [6.45, 7) is 4.40. The van der Waals surface area contributed by atoms with E-state index in [1.807, 2.05) is 26.0 Å². The van der Waals surface area contributed by atoms with Gasteiger partial charge in [0.25, 0.3) is 0 Å². The van der Waals surface area contributed by atoms with Crippen molar-refractivity contribution >= 4 is 11.7 Å². The largest absolute Gasteiger partial charge is 0.500 e. The summed E-state index contributed by atoms with van der Waals surface area (Å²) in [7, 11) is 1.39. The second kappa shape index (κ2) is 9.11. The zero-order valence-corrected chi connectivity index (χ0v) is 14.9. The molecule has 0 amide bonds. The van der Waals surface area contributed by atoms with E-state index in [0.29, 0.717) is 18.3 Å². The van der Waals surface area contributed by atoms with E-state index in [2.05, 4.69) is 11.2 Å². The number of hydrogen-bond acceptors (Lipinski definition) is 5. The molecule has 0 radical (unpaired) electrons. The quantitative estimate of drug-likeness (QED) is 0.458. The Hall–Kier alpha value is -2.50. The third kappa shape index (κ3) is 5.24. The van der Waals surface area contributed by atoms with Crippen molar-refractivity contribution in [1.29, 1.82) is 0 Å². The molecule has 1 aromatic rings. The summed E-state index contributed by atoms with van der Waals surface area (Å²) in [5.74, 6) is -0.459. The summed E-state index contributed by atoms with van der Waals surface area (Å²) < 4.78 is 10.3. The van der Waals surface area contributed by atoms with Gasteiger partial charge in [-0.15, -0.1) is 0 Å². The highest BCUT2D eigenvalue weighted by Crippen LogP contribution is 2.34. The van der Waals surface area contributed by atoms with E-state index in [9.17, 15) is 9.90 Å². The number of ether oxygens (including phenoxy) is 2. The van der Waals surface area contributed by atoms with Crippen LogP contribution in [0.3, 0.4) is 0 Å². The molecule has 1 aromatic carbocycles. The molecule has 1 aliphatic carbocycles. The summed E-state index contributed by atoms with van der Waals surface area (Å²) >= 11 is 0. The highest BCUT2D eigenvalue weighted by Gasteiger charge is 2.21. The van der Waals surface area contributed by atoms with E-state index in [0.717, 1.165) is 48.8 Å². The van der Waals surface area contributed by atoms with Crippen LogP contribution in [0.15, 0.2) is 35.4 Å². The predicted molar refractivity (Wildman–Crippen MR) is 94.8 cm³/mol. The number of carboxylic acids is 1. The number of benzene rings is 1. The van der Waals surface area contributed by atoms with Crippen molar-refractivity contribution in [2.24, 2.45) is 5.16 Å². The topological polar surface area (TPSA) is 77.3 Å². The van der Waals surface area contributed by atoms with Crippen molar-refractivity contribution in [3.05, 3.63) is 41.3 Å². The van der Waals surface area contributed by atoms with Crippen LogP contribution in [0, 0.1) is 6.92 Å². The van der Waals surface area contributed by atoms with E-state index in [1.54, 1.807) is 0 Å². The number of aryl methyl sites for hydroxylation is 1. The smallest absolute Gasteiger partial charge is 0.375 e. The van der Waals surface area contributed by atoms with Crippen LogP contribution in [0.2, 0.25) is 0 Å². The molecule has 0 aliphatic heterocycles. The second-order valence-electron chi connectivity index (χ2n) is 6.00. The van der Waals surface area contributed by atoms with E-state index >= 15 is 0 Å². The number of hydrogen-bond donors (Lipinski definition) is 1. The Morgan fingerprint density at radius 2 is 2.08 bits per heavy atom. The van der Waals surface area contributed by atoms with E-state index in [-0.39, 0.29) is 5.76 Å². The number of carbonyl (C=O) groups is 1. The molecule has 0 heterocycles. The van der Waals surface area contributed by atoms with Crippen molar-refractivity contribution in [3.63, 3.8) is 0 Å². The Morgan fingerprint density at radius 1 is 1.36 bits per heavy atom. The van der Waals surface area contributed by atoms with Crippen molar-refractivity contribution in [2.75, 3.05) is 13.7 Å². The molecule has 0 bridgehead atoms. The lowest BCUT2D eigenvalue weighted by Crippen LogP contribution is -2.14. The minimum atomic E-state index is -1.17. The van der Waals surface area contributed by atoms with Gasteiger partial charge >= 0.3 is 5.97 Å². The Bertz CT molecular complexity index is 656. The van der Waals surface area contributed by atoms with E-state index in [1.165, 1.54) is 7.11 Å². The van der Waals surface area contributed by atoms with Crippen LogP contribution >= 0.6 is 0 Å². The molecule has 25 heavy (non-hydrogen) atoms. The first-order chi connectivity index (χ1) is 12.0. The fourth-order valence-corrected chi connectivity index (χ4v) is 2.86. The van der Waals surface area contributed by atoms with Gasteiger partial charge in [0.05, 0.1) is 12.8 Å². The molecule has 6 nitrogen and oxygen atoms in total. The van der Waals surface area contributed by atoms with Gasteiger partial charge < -0.3 is 19.4 Å². The van der Waals surface area contributed by atoms with Crippen LogP contribution in [-0.4, -0.2) is 30.5 Å². The number of methoxy groups -OCH3 is 1. The zero-order valence-electron chi connectivity index (χ0n) is 14.9. The molecule has 2 rings (SSSR count). The van der Waals surface area contributed by atoms with Gasteiger partial charge in [-0.2, -0.15) is 0 Å². The molecule has 0 atom stereocenters. The van der Waals surface area contributed by atoms with E-state index < -0.39 is 5.97 Å². The predicted octanol–water partition coefficient (Wildman–Crippen LogP) is 4.00. The minimum absolute atomic E-state index is 0.238. The van der Waals surface area contributed by atoms with Gasteiger partial charge in [-0.25, -0.2) is 4.79 Å². The van der Waals surface area contributed by atoms with Crippen LogP contribution in [0.1, 0.15) is 49.7 Å². The first-order valence-electron chi connectivity index (χ1n) is 8.47. The monoisotopic (exact) mass is 347 g/mol. The lowest BCUT2D eigenvalue weighted by molar-refractivity contribution is -0.135. The van der Waals surface area contributed by atoms with Crippen LogP contribution in [-0.2, 0) is 14.4 Å². The fourth-order valence-electron chi connectivity index (χ4n) is 2.86. The first kappa shape index (κ1) is 18.8. The summed E-state index contributed by atoms with van der Waals surface area (Å²) in [6.07, 6.45) is 4.91. The van der Waals surface area contributed by atoms with Gasteiger partial charge in [0.2, 0.25) is 5.76 Å². The lowest BCUT2D eigenvalue weighted by atomic mass is 9.83. The molecule has 1 aliphatic rings. The average molecular weight is 347 g/mol. The normalized spacial score (nSPS) is 17.8. The Morgan fingerprint density at radius 3 is 2.68 bits per heavy atom. The second-order valence-corrected chi connectivity index (χ2v) is 6.00. The van der Waals surface area contributed by atoms with Crippen LogP contribution < -0.4 is 4.74 Å². The van der Waals surface area contributed by atoms with Gasteiger partial charge in [0, 0.05) is 0 Å². The lowest BCUT2D eigenvalue weighted by Gasteiger charge is -2.24. The first-order valence-corrected chi connectivity index (χ1v) is 8.47. The molecular weight excluding hydrogens is 322 g/mol. The average Bonchev–Trinajstić information content (AvgIpc) is 2.61. The zero-order chi connectivity index (χ0) is 18.2. The molecule has 0 spiro atoms. The maximum Gasteiger partial charge on any atom is 0.375 e. The van der Waals surface area contributed by atoms with Crippen molar-refractivity contribution in [3.8, 4) is 5.75 Å². The summed E-state index contributed by atoms with van der Waals surface area (Å²) in [5, 5.41) is 13.3. The standard InChI is InChI=1S/C19H25NO5/c1-4-24-20-16-9-7-14(8-10-16)15-6-5-13(2)17(11-15)25-18(12-23-3)19(21)22/h5-6,11-12,14H,4,7-10H2,1-3H3,(H,21,22)/b18-12-,20-16?. The van der Waals surface area contributed by atoms with Crippen molar-refractivity contribution < 1.29 is 24.2 Å². The number of nitrogens with zero attached hydrogens (tertiary/aromatic N) is 1. The molecule has 0 saturated heterocycles. The van der Waals surface area contributed by atoms with E-state index in [4.69, 9.17) is 14.3 Å². The highest BCUT2D eigenvalue weighted by atomic mass is 16.6. The molecular formula is C19H25NO5. The number of aliphatic carboxylic acids is 1. The Labute approximate surface area is 148 Å². The molecule has 1 N–H and O–H groups in total. The van der Waals surface area contributed by atoms with Gasteiger partial charge in [0.1, 0.15) is 18.6 Å². The maximum atomic E-state index is 11.2. The third-order valence-corrected chi connectivity index (χ3v) is 4.22. The molecule has 1 saturated carbocycles. The third-order valence-electron chi connectivity index (χ3n) is 4.22. The van der Waals surface area contributed by atoms with Crippen LogP contribution in [0.25, 0.3) is 0 Å². The molecule has 0 aromatic heterocycles. The summed E-state index contributed by atoms with van der Waals surface area (Å²) in [6, 6.07) is 5.97. The van der Waals surface area contributed by atoms with Gasteiger partial charge in [-0.05, 0) is 62.6 Å². The van der Waals surface area contributed by atoms with Gasteiger partial charge in [-0.1, -0.05) is 17.3 Å². The minimum Gasteiger partial charge on any atom is -0.500 e. The number of carboxylic acid groups (broad SMARTS) is 1. The SMILES string of the molecule is CCON=C1CCC(c2ccc(C)c(O/C(=C\OC)C(=O)O)c2)CC1. The summed E-state index contributed by atoms with van der Waals surface area (Å²) in [4.78, 5) is 16.3. The van der Waals surface area contributed by atoms with Crippen LogP contribution in [0.4, 0.5) is 0 Å². The van der Waals surface area contributed by atoms with Crippen LogP contribution in [0.5, 0.6) is 5.75 Å². The number of oxime groups is 1. The Balaban J connectivity index is 2.11. The highest BCUT2D eigenvalue weighted by molar-refractivity contribution is 5.85. The fraction of sp³-hybridized carbons (Fsp3) is 0.474. The van der Waals surface area contributed by atoms with Crippen molar-refractivity contribution in [2.45, 2.75) is 45.4 Å². The molecule has 1 fully saturated rings. The molecule has 136 valence electrons.